The molecule has 0 heterocycles. The predicted molar refractivity (Wildman–Crippen MR) is 74.4 cm³/mol. The van der Waals surface area contributed by atoms with Crippen molar-refractivity contribution in [1.29, 1.82) is 0 Å². The number of phenolic OH excluding ortho intramolecular Hbond substituents is 1. The second kappa shape index (κ2) is 6.72. The molecule has 0 fully saturated rings. The van der Waals surface area contributed by atoms with Crippen LogP contribution >= 0.6 is 12.4 Å². The van der Waals surface area contributed by atoms with Crippen molar-refractivity contribution in [1.82, 2.24) is 0 Å². The first kappa shape index (κ1) is 19.8. The van der Waals surface area contributed by atoms with Gasteiger partial charge in [0.15, 0.2) is 0 Å². The summed E-state index contributed by atoms with van der Waals surface area (Å²) in [5, 5.41) is 19.7. The molecule has 0 aromatic heterocycles. The summed E-state index contributed by atoms with van der Waals surface area (Å²) in [6, 6.07) is 1.96. The second-order valence-electron chi connectivity index (χ2n) is 5.61. The highest BCUT2D eigenvalue weighted by molar-refractivity contribution is 5.85. The maximum absolute atomic E-state index is 12.2. The van der Waals surface area contributed by atoms with Crippen LogP contribution in [0.4, 0.5) is 13.2 Å². The first-order valence-electron chi connectivity index (χ1n) is 5.94. The fraction of sp³-hybridized carbons (Fsp3) is 0.538. The van der Waals surface area contributed by atoms with Crippen molar-refractivity contribution in [2.75, 3.05) is 0 Å². The van der Waals surface area contributed by atoms with E-state index in [0.29, 0.717) is 0 Å². The van der Waals surface area contributed by atoms with Gasteiger partial charge in [-0.05, 0) is 23.6 Å². The van der Waals surface area contributed by atoms with Crippen molar-refractivity contribution in [3.8, 4) is 11.5 Å². The van der Waals surface area contributed by atoms with Crippen molar-refractivity contribution in [2.24, 2.45) is 11.1 Å². The lowest BCUT2D eigenvalue weighted by atomic mass is 9.82. The summed E-state index contributed by atoms with van der Waals surface area (Å²) in [5.74, 6) is -0.794. The summed E-state index contributed by atoms with van der Waals surface area (Å²) >= 11 is 0. The quantitative estimate of drug-likeness (QED) is 0.796. The molecule has 0 bridgehead atoms. The standard InChI is InChI=1S/C13H18F3NO3.ClH/c1-12(2,3)11(19)10(17)8-6-7(4-5-9(8)18)20-13(14,15)16;/h4-6,10-11,18-19H,17H2,1-3H3;1H/t10-,11-;/m0./s1. The van der Waals surface area contributed by atoms with E-state index in [9.17, 15) is 23.4 Å². The van der Waals surface area contributed by atoms with E-state index in [-0.39, 0.29) is 23.7 Å². The number of hydrogen-bond donors (Lipinski definition) is 3. The fourth-order valence-corrected chi connectivity index (χ4v) is 1.71. The lowest BCUT2D eigenvalue weighted by Crippen LogP contribution is -2.37. The Hall–Kier alpha value is -1.18. The Bertz CT molecular complexity index is 475. The maximum Gasteiger partial charge on any atom is 0.573 e. The predicted octanol–water partition coefficient (Wildman–Crippen LogP) is 3.12. The normalized spacial score (nSPS) is 15.0. The Kier molecular flexibility index (Phi) is 6.34. The van der Waals surface area contributed by atoms with Crippen LogP contribution < -0.4 is 10.5 Å². The monoisotopic (exact) mass is 329 g/mol. The molecule has 0 radical (unpaired) electrons. The molecule has 0 saturated heterocycles. The van der Waals surface area contributed by atoms with Gasteiger partial charge >= 0.3 is 6.36 Å². The average molecular weight is 330 g/mol. The van der Waals surface area contributed by atoms with Crippen molar-refractivity contribution in [3.63, 3.8) is 0 Å². The molecule has 0 aliphatic heterocycles. The third-order valence-electron chi connectivity index (χ3n) is 2.82. The van der Waals surface area contributed by atoms with E-state index in [2.05, 4.69) is 4.74 Å². The molecule has 1 aromatic carbocycles. The topological polar surface area (TPSA) is 75.7 Å². The van der Waals surface area contributed by atoms with Crippen LogP contribution in [-0.4, -0.2) is 22.7 Å². The summed E-state index contributed by atoms with van der Waals surface area (Å²) < 4.78 is 40.2. The molecule has 1 aromatic rings. The lowest BCUT2D eigenvalue weighted by Gasteiger charge is -2.31. The number of aliphatic hydroxyl groups is 1. The van der Waals surface area contributed by atoms with Gasteiger partial charge in [0.05, 0.1) is 12.1 Å². The van der Waals surface area contributed by atoms with E-state index in [4.69, 9.17) is 5.73 Å². The van der Waals surface area contributed by atoms with Gasteiger partial charge in [0, 0.05) is 5.56 Å². The number of benzene rings is 1. The van der Waals surface area contributed by atoms with Crippen molar-refractivity contribution < 1.29 is 28.1 Å². The number of aromatic hydroxyl groups is 1. The highest BCUT2D eigenvalue weighted by Crippen LogP contribution is 2.35. The van der Waals surface area contributed by atoms with Gasteiger partial charge in [-0.1, -0.05) is 20.8 Å². The van der Waals surface area contributed by atoms with E-state index >= 15 is 0 Å². The van der Waals surface area contributed by atoms with Crippen molar-refractivity contribution >= 4 is 12.4 Å². The van der Waals surface area contributed by atoms with Crippen LogP contribution in [0.15, 0.2) is 18.2 Å². The number of aliphatic hydroxyl groups excluding tert-OH is 1. The van der Waals surface area contributed by atoms with E-state index in [1.54, 1.807) is 20.8 Å². The molecule has 21 heavy (non-hydrogen) atoms. The van der Waals surface area contributed by atoms with Crippen molar-refractivity contribution in [3.05, 3.63) is 23.8 Å². The number of nitrogens with two attached hydrogens (primary N) is 1. The van der Waals surface area contributed by atoms with Crippen LogP contribution in [0.25, 0.3) is 0 Å². The molecular formula is C13H19ClF3NO3. The molecule has 8 heteroatoms. The largest absolute Gasteiger partial charge is 0.573 e. The minimum absolute atomic E-state index is 0. The zero-order valence-electron chi connectivity index (χ0n) is 11.8. The Labute approximate surface area is 127 Å². The van der Waals surface area contributed by atoms with Gasteiger partial charge in [0.2, 0.25) is 0 Å². The molecule has 2 atom stereocenters. The molecule has 0 aliphatic rings. The maximum atomic E-state index is 12.2. The molecule has 0 unspecified atom stereocenters. The minimum Gasteiger partial charge on any atom is -0.508 e. The highest BCUT2D eigenvalue weighted by Gasteiger charge is 2.33. The van der Waals surface area contributed by atoms with Gasteiger partial charge in [-0.2, -0.15) is 0 Å². The molecule has 122 valence electrons. The van der Waals surface area contributed by atoms with Crippen LogP contribution in [0.2, 0.25) is 0 Å². The van der Waals surface area contributed by atoms with Crippen LogP contribution in [0.3, 0.4) is 0 Å². The Morgan fingerprint density at radius 1 is 1.19 bits per heavy atom. The van der Waals surface area contributed by atoms with Gasteiger partial charge in [-0.25, -0.2) is 0 Å². The summed E-state index contributed by atoms with van der Waals surface area (Å²) in [4.78, 5) is 0. The second-order valence-corrected chi connectivity index (χ2v) is 5.61. The van der Waals surface area contributed by atoms with Crippen molar-refractivity contribution in [2.45, 2.75) is 39.3 Å². The lowest BCUT2D eigenvalue weighted by molar-refractivity contribution is -0.274. The van der Waals surface area contributed by atoms with Crippen LogP contribution in [0.1, 0.15) is 32.4 Å². The summed E-state index contributed by atoms with van der Waals surface area (Å²) in [7, 11) is 0. The molecule has 4 N–H and O–H groups in total. The smallest absolute Gasteiger partial charge is 0.508 e. The van der Waals surface area contributed by atoms with E-state index in [1.165, 1.54) is 0 Å². The number of rotatable bonds is 3. The van der Waals surface area contributed by atoms with Gasteiger partial charge in [0.1, 0.15) is 11.5 Å². The number of hydrogen-bond acceptors (Lipinski definition) is 4. The number of ether oxygens (including phenoxy) is 1. The summed E-state index contributed by atoms with van der Waals surface area (Å²) in [6.45, 7) is 5.18. The summed E-state index contributed by atoms with van der Waals surface area (Å²) in [5.41, 5.74) is 5.22. The van der Waals surface area contributed by atoms with E-state index in [0.717, 1.165) is 18.2 Å². The molecule has 0 aliphatic carbocycles. The molecule has 1 rings (SSSR count). The Morgan fingerprint density at radius 3 is 2.14 bits per heavy atom. The molecule has 0 spiro atoms. The number of phenols is 1. The van der Waals surface area contributed by atoms with E-state index in [1.807, 2.05) is 0 Å². The molecule has 0 saturated carbocycles. The third-order valence-corrected chi connectivity index (χ3v) is 2.82. The van der Waals surface area contributed by atoms with Crippen LogP contribution in [-0.2, 0) is 0 Å². The van der Waals surface area contributed by atoms with Gasteiger partial charge < -0.3 is 20.7 Å². The molecule has 4 nitrogen and oxygen atoms in total. The van der Waals surface area contributed by atoms with Crippen LogP contribution in [0, 0.1) is 5.41 Å². The molecular weight excluding hydrogens is 311 g/mol. The van der Waals surface area contributed by atoms with Gasteiger partial charge in [0.25, 0.3) is 0 Å². The van der Waals surface area contributed by atoms with Gasteiger partial charge in [-0.3, -0.25) is 0 Å². The SMILES string of the molecule is CC(C)(C)[C@@H](O)[C@@H](N)c1cc(OC(F)(F)F)ccc1O.Cl. The van der Waals surface area contributed by atoms with E-state index < -0.39 is 29.7 Å². The van der Waals surface area contributed by atoms with Gasteiger partial charge in [-0.15, -0.1) is 25.6 Å². The third kappa shape index (κ3) is 5.61. The first-order chi connectivity index (χ1) is 8.92. The summed E-state index contributed by atoms with van der Waals surface area (Å²) in [6.07, 6.45) is -5.88. The molecule has 0 amide bonds. The zero-order chi connectivity index (χ0) is 15.7. The minimum atomic E-state index is -4.83. The number of alkyl halides is 3. The first-order valence-corrected chi connectivity index (χ1v) is 5.94. The average Bonchev–Trinajstić information content (AvgIpc) is 2.26. The Balaban J connectivity index is 0.00000400. The zero-order valence-corrected chi connectivity index (χ0v) is 12.6. The number of halogens is 4. The fourth-order valence-electron chi connectivity index (χ4n) is 1.71. The highest BCUT2D eigenvalue weighted by atomic mass is 35.5. The van der Waals surface area contributed by atoms with Crippen LogP contribution in [0.5, 0.6) is 11.5 Å². The Morgan fingerprint density at radius 2 is 1.71 bits per heavy atom.